The lowest BCUT2D eigenvalue weighted by Gasteiger charge is -2.44. The third-order valence-electron chi connectivity index (χ3n) is 7.03. The number of rotatable bonds is 2. The summed E-state index contributed by atoms with van der Waals surface area (Å²) in [6.07, 6.45) is -0.210. The summed E-state index contributed by atoms with van der Waals surface area (Å²) in [6, 6.07) is 29.9. The van der Waals surface area contributed by atoms with Crippen LogP contribution in [0.5, 0.6) is 0 Å². The largest absolute Gasteiger partial charge is 0.444 e. The Balaban J connectivity index is 1.53. The minimum atomic E-state index is -0.526. The van der Waals surface area contributed by atoms with E-state index in [1.807, 2.05) is 25.7 Å². The van der Waals surface area contributed by atoms with Crippen LogP contribution >= 0.6 is 0 Å². The molecule has 0 spiro atoms. The molecule has 2 bridgehead atoms. The molecule has 0 N–H and O–H groups in total. The quantitative estimate of drug-likeness (QED) is 0.451. The van der Waals surface area contributed by atoms with Crippen LogP contribution in [0.3, 0.4) is 0 Å². The molecule has 6 rings (SSSR count). The highest BCUT2D eigenvalue weighted by Gasteiger charge is 2.65. The predicted molar refractivity (Wildman–Crippen MR) is 127 cm³/mol. The topological polar surface area (TPSA) is 29.5 Å². The van der Waals surface area contributed by atoms with Gasteiger partial charge in [-0.3, -0.25) is 4.90 Å². The molecule has 0 unspecified atom stereocenters. The molecule has 32 heavy (non-hydrogen) atoms. The molecular formula is C29H27NO2. The first kappa shape index (κ1) is 19.4. The van der Waals surface area contributed by atoms with E-state index in [1.165, 1.54) is 33.4 Å². The van der Waals surface area contributed by atoms with Crippen LogP contribution in [0.15, 0.2) is 84.9 Å². The van der Waals surface area contributed by atoms with Crippen molar-refractivity contribution in [2.75, 3.05) is 0 Å². The van der Waals surface area contributed by atoms with Crippen molar-refractivity contribution >= 4 is 17.2 Å². The van der Waals surface area contributed by atoms with E-state index in [4.69, 9.17) is 4.74 Å². The highest BCUT2D eigenvalue weighted by molar-refractivity contribution is 6.02. The zero-order valence-corrected chi connectivity index (χ0v) is 18.7. The lowest BCUT2D eigenvalue weighted by molar-refractivity contribution is 0.0166. The number of benzene rings is 3. The number of fused-ring (bicyclic) bond motifs is 8. The summed E-state index contributed by atoms with van der Waals surface area (Å²) in [5.74, 6) is 0.556. The molecule has 0 saturated carbocycles. The summed E-state index contributed by atoms with van der Waals surface area (Å²) in [5, 5.41) is 0. The summed E-state index contributed by atoms with van der Waals surface area (Å²) in [4.78, 5) is 15.5. The first-order valence-electron chi connectivity index (χ1n) is 11.4. The van der Waals surface area contributed by atoms with Crippen molar-refractivity contribution in [3.05, 3.63) is 107 Å². The second kappa shape index (κ2) is 6.83. The van der Waals surface area contributed by atoms with E-state index in [2.05, 4.69) is 84.9 Å². The zero-order valence-electron chi connectivity index (χ0n) is 18.7. The van der Waals surface area contributed by atoms with Crippen LogP contribution in [-0.4, -0.2) is 16.6 Å². The molecule has 160 valence electrons. The fraction of sp³-hybridized carbons (Fsp3) is 0.276. The molecule has 0 aromatic heterocycles. The van der Waals surface area contributed by atoms with Gasteiger partial charge in [0, 0.05) is 11.8 Å². The molecule has 2 aliphatic heterocycles. The van der Waals surface area contributed by atoms with Crippen molar-refractivity contribution < 1.29 is 9.53 Å². The molecule has 1 fully saturated rings. The Hall–Kier alpha value is -3.33. The standard InChI is InChI=1S/C29H27NO2/c1-29(2,3)32-28(31)30-26-20-16-10-11-17-21(20)27(30)25-23(19-14-8-5-9-15-19)22(24(25)26)18-12-6-4-7-13-18/h4-17,24-27H,1-3H3/t24-,25+,26+,27-. The molecule has 0 radical (unpaired) electrons. The fourth-order valence-electron chi connectivity index (χ4n) is 6.06. The second-order valence-corrected chi connectivity index (χ2v) is 10.0. The van der Waals surface area contributed by atoms with Gasteiger partial charge >= 0.3 is 6.09 Å². The molecule has 3 aromatic carbocycles. The molecule has 3 aromatic rings. The summed E-state index contributed by atoms with van der Waals surface area (Å²) in [6.45, 7) is 5.81. The Labute approximate surface area is 189 Å². The van der Waals surface area contributed by atoms with Gasteiger partial charge in [0.25, 0.3) is 0 Å². The van der Waals surface area contributed by atoms with Gasteiger partial charge in [-0.15, -0.1) is 0 Å². The summed E-state index contributed by atoms with van der Waals surface area (Å²) < 4.78 is 5.91. The number of hydrogen-bond donors (Lipinski definition) is 0. The lowest BCUT2D eigenvalue weighted by atomic mass is 9.57. The van der Waals surface area contributed by atoms with E-state index in [-0.39, 0.29) is 30.0 Å². The summed E-state index contributed by atoms with van der Waals surface area (Å²) in [7, 11) is 0. The minimum absolute atomic E-state index is 0.0127. The number of ether oxygens (including phenoxy) is 1. The highest BCUT2D eigenvalue weighted by Crippen LogP contribution is 2.72. The molecule has 4 atom stereocenters. The van der Waals surface area contributed by atoms with Gasteiger partial charge in [0.05, 0.1) is 12.1 Å². The van der Waals surface area contributed by atoms with Crippen LogP contribution in [0.4, 0.5) is 4.79 Å². The van der Waals surface area contributed by atoms with Crippen LogP contribution < -0.4 is 0 Å². The second-order valence-electron chi connectivity index (χ2n) is 10.0. The average molecular weight is 422 g/mol. The Morgan fingerprint density at radius 1 is 0.688 bits per heavy atom. The number of hydrogen-bond acceptors (Lipinski definition) is 2. The SMILES string of the molecule is CC(C)(C)OC(=O)N1[C@@H]2c3ccccc3[C@H]1[C@@H]1C(c3ccccc3)=C(c3ccccc3)[C@@H]12. The van der Waals surface area contributed by atoms with E-state index < -0.39 is 5.60 Å². The van der Waals surface area contributed by atoms with Gasteiger partial charge in [-0.1, -0.05) is 84.9 Å². The Bertz CT molecular complexity index is 1140. The van der Waals surface area contributed by atoms with Crippen LogP contribution in [0, 0.1) is 11.8 Å². The van der Waals surface area contributed by atoms with Crippen molar-refractivity contribution in [1.82, 2.24) is 4.90 Å². The molecule has 3 heteroatoms. The van der Waals surface area contributed by atoms with Crippen molar-refractivity contribution in [1.29, 1.82) is 0 Å². The molecule has 3 nitrogen and oxygen atoms in total. The van der Waals surface area contributed by atoms with Crippen molar-refractivity contribution in [2.45, 2.75) is 38.5 Å². The van der Waals surface area contributed by atoms with Gasteiger partial charge in [0.2, 0.25) is 0 Å². The first-order valence-corrected chi connectivity index (χ1v) is 11.4. The van der Waals surface area contributed by atoms with Gasteiger partial charge in [0.15, 0.2) is 0 Å². The lowest BCUT2D eigenvalue weighted by Crippen LogP contribution is -2.35. The van der Waals surface area contributed by atoms with E-state index in [9.17, 15) is 4.79 Å². The smallest absolute Gasteiger partial charge is 0.411 e. The van der Waals surface area contributed by atoms with Crippen molar-refractivity contribution in [3.63, 3.8) is 0 Å². The van der Waals surface area contributed by atoms with Gasteiger partial charge in [-0.2, -0.15) is 0 Å². The van der Waals surface area contributed by atoms with Crippen LogP contribution in [0.25, 0.3) is 11.1 Å². The fourth-order valence-corrected chi connectivity index (χ4v) is 6.06. The molecule has 1 saturated heterocycles. The van der Waals surface area contributed by atoms with Gasteiger partial charge in [-0.05, 0) is 54.2 Å². The summed E-state index contributed by atoms with van der Waals surface area (Å²) >= 11 is 0. The number of nitrogens with zero attached hydrogens (tertiary/aromatic N) is 1. The Morgan fingerprint density at radius 3 is 1.50 bits per heavy atom. The maximum atomic E-state index is 13.5. The predicted octanol–water partition coefficient (Wildman–Crippen LogP) is 6.89. The highest BCUT2D eigenvalue weighted by atomic mass is 16.6. The molecule has 1 aliphatic carbocycles. The van der Waals surface area contributed by atoms with Crippen LogP contribution in [-0.2, 0) is 4.74 Å². The molecule has 2 heterocycles. The van der Waals surface area contributed by atoms with Gasteiger partial charge in [0.1, 0.15) is 5.60 Å². The minimum Gasteiger partial charge on any atom is -0.444 e. The average Bonchev–Trinajstić information content (AvgIpc) is 3.22. The number of carbonyl (C=O) groups excluding carboxylic acids is 1. The normalized spacial score (nSPS) is 25.3. The monoisotopic (exact) mass is 421 g/mol. The zero-order chi connectivity index (χ0) is 22.0. The molecular weight excluding hydrogens is 394 g/mol. The van der Waals surface area contributed by atoms with E-state index in [1.54, 1.807) is 0 Å². The van der Waals surface area contributed by atoms with E-state index >= 15 is 0 Å². The van der Waals surface area contributed by atoms with Crippen molar-refractivity contribution in [2.24, 2.45) is 11.8 Å². The summed E-state index contributed by atoms with van der Waals surface area (Å²) in [5.41, 5.74) is 7.26. The van der Waals surface area contributed by atoms with Crippen LogP contribution in [0.1, 0.15) is 55.1 Å². The van der Waals surface area contributed by atoms with Gasteiger partial charge in [-0.25, -0.2) is 4.79 Å². The molecule has 3 aliphatic rings. The maximum Gasteiger partial charge on any atom is 0.411 e. The third-order valence-corrected chi connectivity index (χ3v) is 7.03. The Kier molecular flexibility index (Phi) is 4.13. The Morgan fingerprint density at radius 2 is 1.09 bits per heavy atom. The first-order chi connectivity index (χ1) is 15.5. The molecule has 1 amide bonds. The van der Waals surface area contributed by atoms with Crippen molar-refractivity contribution in [3.8, 4) is 0 Å². The number of amides is 1. The number of carbonyl (C=O) groups is 1. The maximum absolute atomic E-state index is 13.5. The van der Waals surface area contributed by atoms with Gasteiger partial charge < -0.3 is 4.74 Å². The third kappa shape index (κ3) is 2.70. The van der Waals surface area contributed by atoms with E-state index in [0.717, 1.165) is 0 Å². The van der Waals surface area contributed by atoms with Crippen LogP contribution in [0.2, 0.25) is 0 Å². The van der Waals surface area contributed by atoms with E-state index in [0.29, 0.717) is 0 Å².